The Bertz CT molecular complexity index is 393. The summed E-state index contributed by atoms with van der Waals surface area (Å²) in [6.07, 6.45) is 3.41. The van der Waals surface area contributed by atoms with Crippen molar-refractivity contribution in [3.8, 4) is 5.75 Å². The van der Waals surface area contributed by atoms with Gasteiger partial charge in [0.1, 0.15) is 5.75 Å². The van der Waals surface area contributed by atoms with Gasteiger partial charge in [-0.2, -0.15) is 0 Å². The molecule has 2 N–H and O–H groups in total. The molecule has 1 aromatic carbocycles. The van der Waals surface area contributed by atoms with Gasteiger partial charge in [-0.3, -0.25) is 0 Å². The third kappa shape index (κ3) is 4.94. The van der Waals surface area contributed by atoms with Crippen molar-refractivity contribution in [2.75, 3.05) is 13.2 Å². The third-order valence-corrected chi connectivity index (χ3v) is 2.77. The molecule has 0 saturated carbocycles. The smallest absolute Gasteiger partial charge is 0.338 e. The van der Waals surface area contributed by atoms with E-state index in [1.54, 1.807) is 0 Å². The van der Waals surface area contributed by atoms with Crippen molar-refractivity contribution in [2.24, 2.45) is 0 Å². The monoisotopic (exact) mass is 272 g/mol. The van der Waals surface area contributed by atoms with Crippen LogP contribution in [0.2, 0.25) is 5.02 Å². The van der Waals surface area contributed by atoms with Gasteiger partial charge in [0.15, 0.2) is 0 Å². The molecule has 0 fully saturated rings. The van der Waals surface area contributed by atoms with E-state index >= 15 is 0 Å². The number of phenolic OH excluding ortho intramolecular Hbond substituents is 1. The Kier molecular flexibility index (Phi) is 6.54. The van der Waals surface area contributed by atoms with E-state index in [-0.39, 0.29) is 17.4 Å². The molecule has 0 unspecified atom stereocenters. The predicted molar refractivity (Wildman–Crippen MR) is 69.0 cm³/mol. The van der Waals surface area contributed by atoms with Crippen molar-refractivity contribution in [1.82, 2.24) is 0 Å². The lowest BCUT2D eigenvalue weighted by molar-refractivity contribution is 0.0497. The number of hydrogen-bond donors (Lipinski definition) is 2. The first-order valence-corrected chi connectivity index (χ1v) is 6.29. The summed E-state index contributed by atoms with van der Waals surface area (Å²) in [5, 5.41) is 17.9. The number of benzene rings is 1. The van der Waals surface area contributed by atoms with Gasteiger partial charge < -0.3 is 14.9 Å². The quantitative estimate of drug-likeness (QED) is 0.592. The Morgan fingerprint density at radius 1 is 1.22 bits per heavy atom. The van der Waals surface area contributed by atoms with Gasteiger partial charge in [-0.05, 0) is 37.5 Å². The number of carbonyl (C=O) groups is 1. The van der Waals surface area contributed by atoms with Crippen molar-refractivity contribution in [3.63, 3.8) is 0 Å². The second kappa shape index (κ2) is 7.95. The van der Waals surface area contributed by atoms with Gasteiger partial charge in [-0.25, -0.2) is 4.79 Å². The molecule has 0 radical (unpaired) electrons. The molecule has 1 rings (SSSR count). The Labute approximate surface area is 111 Å². The highest BCUT2D eigenvalue weighted by atomic mass is 35.5. The molecule has 0 bridgehead atoms. The Morgan fingerprint density at radius 2 is 1.94 bits per heavy atom. The first kappa shape index (κ1) is 14.8. The number of aromatic hydroxyl groups is 1. The number of hydrogen-bond acceptors (Lipinski definition) is 4. The van der Waals surface area contributed by atoms with Crippen LogP contribution in [0.25, 0.3) is 0 Å². The maximum Gasteiger partial charge on any atom is 0.338 e. The summed E-state index contributed by atoms with van der Waals surface area (Å²) in [6.45, 7) is 0.550. The Morgan fingerprint density at radius 3 is 2.61 bits per heavy atom. The minimum atomic E-state index is -0.445. The zero-order valence-electron chi connectivity index (χ0n) is 10.1. The lowest BCUT2D eigenvalue weighted by Crippen LogP contribution is -2.06. The fraction of sp³-hybridized carbons (Fsp3) is 0.462. The summed E-state index contributed by atoms with van der Waals surface area (Å²) in [5.74, 6) is -0.503. The summed E-state index contributed by atoms with van der Waals surface area (Å²) < 4.78 is 5.06. The standard InChI is InChI=1S/C13H17ClO4/c14-11-9-10(5-6-12(11)16)13(17)18-8-4-2-1-3-7-15/h5-6,9,15-16H,1-4,7-8H2. The average molecular weight is 273 g/mol. The van der Waals surface area contributed by atoms with Crippen LogP contribution in [-0.2, 0) is 4.74 Å². The first-order valence-electron chi connectivity index (χ1n) is 5.91. The molecular weight excluding hydrogens is 256 g/mol. The van der Waals surface area contributed by atoms with Crippen LogP contribution in [0.5, 0.6) is 5.75 Å². The van der Waals surface area contributed by atoms with Crippen LogP contribution in [0.4, 0.5) is 0 Å². The Hall–Kier alpha value is -1.26. The molecule has 0 aliphatic heterocycles. The number of unbranched alkanes of at least 4 members (excludes halogenated alkanes) is 3. The van der Waals surface area contributed by atoms with Crippen molar-refractivity contribution in [1.29, 1.82) is 0 Å². The van der Waals surface area contributed by atoms with Crippen LogP contribution in [0.15, 0.2) is 18.2 Å². The maximum atomic E-state index is 11.6. The van der Waals surface area contributed by atoms with E-state index in [0.29, 0.717) is 12.2 Å². The summed E-state index contributed by atoms with van der Waals surface area (Å²) in [5.41, 5.74) is 0.327. The zero-order valence-corrected chi connectivity index (χ0v) is 10.8. The lowest BCUT2D eigenvalue weighted by atomic mass is 10.2. The van der Waals surface area contributed by atoms with Gasteiger partial charge in [0.25, 0.3) is 0 Å². The molecule has 0 heterocycles. The van der Waals surface area contributed by atoms with Gasteiger partial charge in [0.05, 0.1) is 17.2 Å². The maximum absolute atomic E-state index is 11.6. The molecule has 5 heteroatoms. The van der Waals surface area contributed by atoms with Crippen LogP contribution in [-0.4, -0.2) is 29.4 Å². The molecule has 0 aromatic heterocycles. The second-order valence-electron chi connectivity index (χ2n) is 3.94. The van der Waals surface area contributed by atoms with Gasteiger partial charge in [0, 0.05) is 6.61 Å². The van der Waals surface area contributed by atoms with Crippen molar-refractivity contribution < 1.29 is 19.7 Å². The topological polar surface area (TPSA) is 66.8 Å². The van der Waals surface area contributed by atoms with E-state index in [2.05, 4.69) is 0 Å². The number of halogens is 1. The number of phenols is 1. The van der Waals surface area contributed by atoms with E-state index in [1.165, 1.54) is 18.2 Å². The Balaban J connectivity index is 2.30. The summed E-state index contributed by atoms with van der Waals surface area (Å²) in [6, 6.07) is 4.21. The van der Waals surface area contributed by atoms with E-state index < -0.39 is 5.97 Å². The molecule has 1 aromatic rings. The highest BCUT2D eigenvalue weighted by Crippen LogP contribution is 2.23. The molecule has 0 atom stereocenters. The molecule has 0 aliphatic carbocycles. The molecule has 0 aliphatic rings. The number of esters is 1. The third-order valence-electron chi connectivity index (χ3n) is 2.47. The number of ether oxygens (including phenoxy) is 1. The molecular formula is C13H17ClO4. The second-order valence-corrected chi connectivity index (χ2v) is 4.35. The van der Waals surface area contributed by atoms with E-state index in [4.69, 9.17) is 21.4 Å². The lowest BCUT2D eigenvalue weighted by Gasteiger charge is -2.05. The van der Waals surface area contributed by atoms with E-state index in [9.17, 15) is 9.90 Å². The molecule has 100 valence electrons. The summed E-state index contributed by atoms with van der Waals surface area (Å²) >= 11 is 5.69. The average Bonchev–Trinajstić information content (AvgIpc) is 2.36. The van der Waals surface area contributed by atoms with Crippen LogP contribution in [0.3, 0.4) is 0 Å². The van der Waals surface area contributed by atoms with Crippen LogP contribution < -0.4 is 0 Å². The molecule has 0 spiro atoms. The number of carbonyl (C=O) groups excluding carboxylic acids is 1. The van der Waals surface area contributed by atoms with Crippen LogP contribution in [0, 0.1) is 0 Å². The number of aliphatic hydroxyl groups is 1. The molecule has 4 nitrogen and oxygen atoms in total. The van der Waals surface area contributed by atoms with Gasteiger partial charge in [-0.1, -0.05) is 18.0 Å². The van der Waals surface area contributed by atoms with E-state index in [1.807, 2.05) is 0 Å². The highest BCUT2D eigenvalue weighted by molar-refractivity contribution is 6.32. The normalized spacial score (nSPS) is 10.3. The highest BCUT2D eigenvalue weighted by Gasteiger charge is 2.09. The van der Waals surface area contributed by atoms with Crippen molar-refractivity contribution in [2.45, 2.75) is 25.7 Å². The van der Waals surface area contributed by atoms with Crippen molar-refractivity contribution in [3.05, 3.63) is 28.8 Å². The largest absolute Gasteiger partial charge is 0.506 e. The SMILES string of the molecule is O=C(OCCCCCCO)c1ccc(O)c(Cl)c1. The molecule has 18 heavy (non-hydrogen) atoms. The van der Waals surface area contributed by atoms with Gasteiger partial charge >= 0.3 is 5.97 Å². The number of rotatable bonds is 7. The van der Waals surface area contributed by atoms with Gasteiger partial charge in [0.2, 0.25) is 0 Å². The number of aliphatic hydroxyl groups excluding tert-OH is 1. The fourth-order valence-electron chi connectivity index (χ4n) is 1.45. The van der Waals surface area contributed by atoms with Gasteiger partial charge in [-0.15, -0.1) is 0 Å². The van der Waals surface area contributed by atoms with E-state index in [0.717, 1.165) is 25.7 Å². The molecule has 0 amide bonds. The minimum Gasteiger partial charge on any atom is -0.506 e. The predicted octanol–water partition coefficient (Wildman–Crippen LogP) is 2.76. The molecule has 0 saturated heterocycles. The first-order chi connectivity index (χ1) is 8.65. The minimum absolute atomic E-state index is 0.0581. The zero-order chi connectivity index (χ0) is 13.4. The van der Waals surface area contributed by atoms with Crippen LogP contribution in [0.1, 0.15) is 36.0 Å². The van der Waals surface area contributed by atoms with Crippen LogP contribution >= 0.6 is 11.6 Å². The summed E-state index contributed by atoms with van der Waals surface area (Å²) in [4.78, 5) is 11.6. The summed E-state index contributed by atoms with van der Waals surface area (Å²) in [7, 11) is 0. The van der Waals surface area contributed by atoms with Crippen molar-refractivity contribution >= 4 is 17.6 Å². The fourth-order valence-corrected chi connectivity index (χ4v) is 1.63.